The van der Waals surface area contributed by atoms with Crippen LogP contribution in [0.4, 0.5) is 0 Å². The van der Waals surface area contributed by atoms with Crippen LogP contribution in [0.3, 0.4) is 0 Å². The van der Waals surface area contributed by atoms with Crippen LogP contribution in [0.5, 0.6) is 0 Å². The summed E-state index contributed by atoms with van der Waals surface area (Å²) in [6, 6.07) is 8.03. The van der Waals surface area contributed by atoms with E-state index in [1.165, 1.54) is 0 Å². The molecular weight excluding hydrogens is 320 g/mol. The highest BCUT2D eigenvalue weighted by atomic mass is 16.5. The average molecular weight is 344 g/mol. The molecule has 134 valence electrons. The highest BCUT2D eigenvalue weighted by Crippen LogP contribution is 2.18. The molecule has 4 rings (SSSR count). The quantitative estimate of drug-likeness (QED) is 0.818. The largest absolute Gasteiger partial charge is 0.379 e. The van der Waals surface area contributed by atoms with Crippen molar-refractivity contribution < 1.29 is 14.3 Å². The van der Waals surface area contributed by atoms with Gasteiger partial charge in [0.25, 0.3) is 0 Å². The Bertz CT molecular complexity index is 733. The van der Waals surface area contributed by atoms with Gasteiger partial charge in [-0.25, -0.2) is 4.98 Å². The monoisotopic (exact) mass is 344 g/mol. The molecule has 7 heteroatoms. The van der Waals surface area contributed by atoms with Crippen molar-refractivity contribution in [2.24, 2.45) is 0 Å². The topological polar surface area (TPSA) is 59.8 Å². The minimum atomic E-state index is 0.134. The van der Waals surface area contributed by atoms with Crippen LogP contribution < -0.4 is 0 Å². The van der Waals surface area contributed by atoms with Crippen molar-refractivity contribution in [2.45, 2.75) is 13.1 Å². The number of hydrogen-bond acceptors (Lipinski definition) is 5. The summed E-state index contributed by atoms with van der Waals surface area (Å²) in [6.45, 7) is 6.98. The van der Waals surface area contributed by atoms with Crippen molar-refractivity contribution in [3.63, 3.8) is 0 Å². The van der Waals surface area contributed by atoms with Crippen molar-refractivity contribution in [3.8, 4) is 0 Å². The van der Waals surface area contributed by atoms with Crippen molar-refractivity contribution >= 4 is 16.9 Å². The predicted molar refractivity (Wildman–Crippen MR) is 93.2 cm³/mol. The van der Waals surface area contributed by atoms with Crippen LogP contribution in [0, 0.1) is 0 Å². The van der Waals surface area contributed by atoms with Crippen molar-refractivity contribution in [1.29, 1.82) is 0 Å². The van der Waals surface area contributed by atoms with E-state index < -0.39 is 0 Å². The Morgan fingerprint density at radius 2 is 1.68 bits per heavy atom. The Kier molecular flexibility index (Phi) is 4.96. The second-order valence-electron chi connectivity index (χ2n) is 6.48. The number of nitrogens with zero attached hydrogens (tertiary/aromatic N) is 4. The van der Waals surface area contributed by atoms with Crippen LogP contribution in [0.25, 0.3) is 11.0 Å². The number of fused-ring (bicyclic) bond motifs is 1. The predicted octanol–water partition coefficient (Wildman–Crippen LogP) is 0.727. The number of benzene rings is 1. The van der Waals surface area contributed by atoms with Gasteiger partial charge in [-0.1, -0.05) is 12.1 Å². The van der Waals surface area contributed by atoms with Gasteiger partial charge >= 0.3 is 0 Å². The first-order chi connectivity index (χ1) is 12.3. The zero-order chi connectivity index (χ0) is 17.1. The summed E-state index contributed by atoms with van der Waals surface area (Å²) in [5.41, 5.74) is 1.97. The van der Waals surface area contributed by atoms with Crippen molar-refractivity contribution in [1.82, 2.24) is 19.4 Å². The molecule has 0 spiro atoms. The molecule has 0 aliphatic carbocycles. The Labute approximate surface area is 147 Å². The van der Waals surface area contributed by atoms with E-state index in [4.69, 9.17) is 14.5 Å². The summed E-state index contributed by atoms with van der Waals surface area (Å²) in [6.07, 6.45) is 0. The summed E-state index contributed by atoms with van der Waals surface area (Å²) in [5.74, 6) is 1.08. The van der Waals surface area contributed by atoms with Crippen molar-refractivity contribution in [2.75, 3.05) is 52.6 Å². The van der Waals surface area contributed by atoms with Crippen LogP contribution in [0.2, 0.25) is 0 Å². The number of imidazole rings is 1. The van der Waals surface area contributed by atoms with E-state index in [1.807, 2.05) is 29.2 Å². The lowest BCUT2D eigenvalue weighted by Gasteiger charge is -2.28. The molecular formula is C18H24N4O3. The molecule has 0 saturated carbocycles. The second kappa shape index (κ2) is 7.51. The summed E-state index contributed by atoms with van der Waals surface area (Å²) >= 11 is 0. The molecule has 7 nitrogen and oxygen atoms in total. The third kappa shape index (κ3) is 3.68. The van der Waals surface area contributed by atoms with E-state index in [-0.39, 0.29) is 5.91 Å². The molecule has 1 amide bonds. The van der Waals surface area contributed by atoms with E-state index in [1.54, 1.807) is 0 Å². The van der Waals surface area contributed by atoms with Gasteiger partial charge in [0.2, 0.25) is 5.91 Å². The lowest BCUT2D eigenvalue weighted by atomic mass is 10.3. The normalized spacial score (nSPS) is 19.4. The molecule has 2 saturated heterocycles. The first-order valence-electron chi connectivity index (χ1n) is 8.91. The number of amides is 1. The Morgan fingerprint density at radius 3 is 2.44 bits per heavy atom. The van der Waals surface area contributed by atoms with Crippen LogP contribution in [-0.2, 0) is 27.4 Å². The molecule has 0 bridgehead atoms. The molecule has 25 heavy (non-hydrogen) atoms. The number of aromatic nitrogens is 2. The average Bonchev–Trinajstić information content (AvgIpc) is 3.00. The number of morpholine rings is 2. The number of carbonyl (C=O) groups excluding carboxylic acids is 1. The minimum absolute atomic E-state index is 0.134. The number of carbonyl (C=O) groups is 1. The molecule has 2 aromatic rings. The van der Waals surface area contributed by atoms with Crippen LogP contribution in [0.15, 0.2) is 24.3 Å². The Balaban J connectivity index is 1.58. The lowest BCUT2D eigenvalue weighted by molar-refractivity contribution is -0.135. The molecule has 2 aliphatic rings. The van der Waals surface area contributed by atoms with Crippen LogP contribution >= 0.6 is 0 Å². The molecule has 2 fully saturated rings. The lowest BCUT2D eigenvalue weighted by Crippen LogP contribution is -2.42. The van der Waals surface area contributed by atoms with E-state index in [9.17, 15) is 4.79 Å². The van der Waals surface area contributed by atoms with Gasteiger partial charge in [-0.05, 0) is 12.1 Å². The third-order valence-corrected chi connectivity index (χ3v) is 4.86. The zero-order valence-corrected chi connectivity index (χ0v) is 14.4. The SMILES string of the molecule is O=C(Cn1c(CN2CCOCC2)nc2ccccc21)N1CCOCC1. The third-order valence-electron chi connectivity index (χ3n) is 4.86. The maximum absolute atomic E-state index is 12.7. The first-order valence-corrected chi connectivity index (χ1v) is 8.91. The summed E-state index contributed by atoms with van der Waals surface area (Å²) in [4.78, 5) is 21.8. The molecule has 1 aromatic carbocycles. The van der Waals surface area contributed by atoms with E-state index >= 15 is 0 Å². The molecule has 0 unspecified atom stereocenters. The van der Waals surface area contributed by atoms with Gasteiger partial charge in [0.1, 0.15) is 12.4 Å². The summed E-state index contributed by atoms with van der Waals surface area (Å²) < 4.78 is 12.8. The fourth-order valence-corrected chi connectivity index (χ4v) is 3.43. The van der Waals surface area contributed by atoms with Crippen molar-refractivity contribution in [3.05, 3.63) is 30.1 Å². The fraction of sp³-hybridized carbons (Fsp3) is 0.556. The van der Waals surface area contributed by atoms with Gasteiger partial charge in [-0.15, -0.1) is 0 Å². The first kappa shape index (κ1) is 16.5. The van der Waals surface area contributed by atoms with Crippen LogP contribution in [0.1, 0.15) is 5.82 Å². The number of ether oxygens (including phenoxy) is 2. The molecule has 2 aliphatic heterocycles. The summed E-state index contributed by atoms with van der Waals surface area (Å²) in [5, 5.41) is 0. The van der Waals surface area contributed by atoms with Gasteiger partial charge in [0, 0.05) is 26.2 Å². The van der Waals surface area contributed by atoms with Gasteiger partial charge in [0.05, 0.1) is 44.0 Å². The molecule has 0 radical (unpaired) electrons. The second-order valence-corrected chi connectivity index (χ2v) is 6.48. The highest BCUT2D eigenvalue weighted by molar-refractivity contribution is 5.81. The van der Waals surface area contributed by atoms with Gasteiger partial charge in [-0.2, -0.15) is 0 Å². The van der Waals surface area contributed by atoms with Gasteiger partial charge in [-0.3, -0.25) is 9.69 Å². The fourth-order valence-electron chi connectivity index (χ4n) is 3.43. The Morgan fingerprint density at radius 1 is 1.00 bits per heavy atom. The van der Waals surface area contributed by atoms with Gasteiger partial charge in [0.15, 0.2) is 0 Å². The maximum Gasteiger partial charge on any atom is 0.242 e. The number of para-hydroxylation sites is 2. The highest BCUT2D eigenvalue weighted by Gasteiger charge is 2.21. The van der Waals surface area contributed by atoms with E-state index in [2.05, 4.69) is 9.47 Å². The van der Waals surface area contributed by atoms with E-state index in [0.717, 1.165) is 49.7 Å². The number of rotatable bonds is 4. The minimum Gasteiger partial charge on any atom is -0.379 e. The molecule has 1 aromatic heterocycles. The molecule has 3 heterocycles. The Hall–Kier alpha value is -1.96. The zero-order valence-electron chi connectivity index (χ0n) is 14.4. The molecule has 0 N–H and O–H groups in total. The van der Waals surface area contributed by atoms with Gasteiger partial charge < -0.3 is 18.9 Å². The standard InChI is InChI=1S/C18H24N4O3/c23-18(21-7-11-25-12-8-21)14-22-16-4-2-1-3-15(16)19-17(22)13-20-5-9-24-10-6-20/h1-4H,5-14H2. The summed E-state index contributed by atoms with van der Waals surface area (Å²) in [7, 11) is 0. The maximum atomic E-state index is 12.7. The molecule has 0 atom stereocenters. The smallest absolute Gasteiger partial charge is 0.242 e. The van der Waals surface area contributed by atoms with E-state index in [0.29, 0.717) is 32.8 Å². The number of hydrogen-bond donors (Lipinski definition) is 0. The van der Waals surface area contributed by atoms with Crippen LogP contribution in [-0.4, -0.2) is 77.9 Å².